The fraction of sp³-hybridized carbons (Fsp3) is 0.250. The van der Waals surface area contributed by atoms with Gasteiger partial charge in [0.1, 0.15) is 0 Å². The third kappa shape index (κ3) is 2.94. The van der Waals surface area contributed by atoms with Gasteiger partial charge in [0.2, 0.25) is 0 Å². The lowest BCUT2D eigenvalue weighted by molar-refractivity contribution is 0.101. The lowest BCUT2D eigenvalue weighted by Crippen LogP contribution is -2.20. The topological polar surface area (TPSA) is 63.2 Å². The first kappa shape index (κ1) is 11.9. The molecule has 1 atom stereocenters. The van der Waals surface area contributed by atoms with Crippen LogP contribution >= 0.6 is 0 Å². The number of carbonyl (C=O) groups is 1. The summed E-state index contributed by atoms with van der Waals surface area (Å²) in [7, 11) is -3.05. The maximum atomic E-state index is 11.2. The molecule has 1 N–H and O–H groups in total. The molecule has 1 aliphatic heterocycles. The summed E-state index contributed by atoms with van der Waals surface area (Å²) in [6, 6.07) is 6.81. The van der Waals surface area contributed by atoms with E-state index >= 15 is 0 Å². The second kappa shape index (κ2) is 4.33. The van der Waals surface area contributed by atoms with Gasteiger partial charge < -0.3 is 5.32 Å². The molecule has 1 aromatic carbocycles. The van der Waals surface area contributed by atoms with Crippen molar-refractivity contribution in [3.63, 3.8) is 0 Å². The van der Waals surface area contributed by atoms with Gasteiger partial charge in [-0.05, 0) is 19.1 Å². The first-order chi connectivity index (χ1) is 7.96. The van der Waals surface area contributed by atoms with Crippen LogP contribution in [-0.4, -0.2) is 26.0 Å². The summed E-state index contributed by atoms with van der Waals surface area (Å²) < 4.78 is 22.5. The minimum Gasteiger partial charge on any atom is -0.378 e. The zero-order chi connectivity index (χ0) is 12.5. The molecular weight excluding hydrogens is 238 g/mol. The quantitative estimate of drug-likeness (QED) is 0.829. The Morgan fingerprint density at radius 3 is 2.76 bits per heavy atom. The van der Waals surface area contributed by atoms with Crippen molar-refractivity contribution in [3.05, 3.63) is 41.3 Å². The molecule has 4 nitrogen and oxygen atoms in total. The van der Waals surface area contributed by atoms with Crippen LogP contribution in [-0.2, 0) is 9.84 Å². The Morgan fingerprint density at radius 2 is 2.18 bits per heavy atom. The lowest BCUT2D eigenvalue weighted by atomic mass is 10.1. The van der Waals surface area contributed by atoms with Crippen LogP contribution in [0.15, 0.2) is 35.7 Å². The second-order valence-corrected chi connectivity index (χ2v) is 5.98. The van der Waals surface area contributed by atoms with Crippen molar-refractivity contribution >= 4 is 21.3 Å². The van der Waals surface area contributed by atoms with Crippen LogP contribution in [0.3, 0.4) is 0 Å². The zero-order valence-electron chi connectivity index (χ0n) is 9.38. The van der Waals surface area contributed by atoms with E-state index in [-0.39, 0.29) is 17.6 Å². The average molecular weight is 251 g/mol. The molecule has 90 valence electrons. The highest BCUT2D eigenvalue weighted by molar-refractivity contribution is 7.94. The number of benzene rings is 1. The number of nitrogens with one attached hydrogen (secondary N) is 1. The number of rotatable bonds is 3. The molecule has 2 rings (SSSR count). The number of hydrogen-bond acceptors (Lipinski definition) is 4. The molecule has 0 aromatic heterocycles. The molecule has 1 aromatic rings. The molecule has 0 saturated heterocycles. The van der Waals surface area contributed by atoms with Gasteiger partial charge in [0.15, 0.2) is 15.6 Å². The number of anilines is 1. The van der Waals surface area contributed by atoms with Crippen LogP contribution in [0.4, 0.5) is 5.69 Å². The van der Waals surface area contributed by atoms with Gasteiger partial charge in [-0.1, -0.05) is 18.2 Å². The number of sulfone groups is 1. The van der Waals surface area contributed by atoms with Crippen LogP contribution in [0.1, 0.15) is 17.3 Å². The largest absolute Gasteiger partial charge is 0.378 e. The van der Waals surface area contributed by atoms with Crippen LogP contribution in [0, 0.1) is 0 Å². The maximum absolute atomic E-state index is 11.2. The number of Topliss-reactive ketones (excluding diaryl/α,β-unsaturated/α-hetero) is 1. The molecule has 0 aliphatic carbocycles. The molecule has 0 radical (unpaired) electrons. The third-order valence-corrected chi connectivity index (χ3v) is 3.95. The van der Waals surface area contributed by atoms with E-state index in [0.717, 1.165) is 5.69 Å². The van der Waals surface area contributed by atoms with Crippen molar-refractivity contribution < 1.29 is 13.2 Å². The maximum Gasteiger partial charge on any atom is 0.173 e. The summed E-state index contributed by atoms with van der Waals surface area (Å²) in [6.07, 6.45) is 1.62. The van der Waals surface area contributed by atoms with Gasteiger partial charge in [0.25, 0.3) is 0 Å². The fourth-order valence-corrected chi connectivity index (χ4v) is 2.94. The van der Waals surface area contributed by atoms with Crippen molar-refractivity contribution in [2.75, 3.05) is 11.1 Å². The summed E-state index contributed by atoms with van der Waals surface area (Å²) >= 11 is 0. The Kier molecular flexibility index (Phi) is 3.02. The van der Waals surface area contributed by atoms with Gasteiger partial charge in [-0.2, -0.15) is 0 Å². The van der Waals surface area contributed by atoms with Gasteiger partial charge in [-0.3, -0.25) is 4.79 Å². The molecule has 0 saturated carbocycles. The van der Waals surface area contributed by atoms with E-state index in [1.54, 1.807) is 24.3 Å². The summed E-state index contributed by atoms with van der Waals surface area (Å²) in [5.74, 6) is 0.0559. The van der Waals surface area contributed by atoms with Crippen molar-refractivity contribution in [3.8, 4) is 0 Å². The molecule has 0 amide bonds. The number of hydrogen-bond donors (Lipinski definition) is 1. The molecule has 1 aliphatic rings. The standard InChI is InChI=1S/C12H13NO3S/c1-9(14)10-3-2-4-11(7-10)13-12-5-6-17(15,16)8-12/h2-7,12-13H,8H2,1H3. The van der Waals surface area contributed by atoms with E-state index in [0.29, 0.717) is 5.56 Å². The summed E-state index contributed by atoms with van der Waals surface area (Å²) in [4.78, 5) is 11.2. The van der Waals surface area contributed by atoms with E-state index in [9.17, 15) is 13.2 Å². The molecule has 17 heavy (non-hydrogen) atoms. The molecular formula is C12H13NO3S. The van der Waals surface area contributed by atoms with E-state index in [4.69, 9.17) is 0 Å². The lowest BCUT2D eigenvalue weighted by Gasteiger charge is -2.11. The van der Waals surface area contributed by atoms with Crippen LogP contribution in [0.2, 0.25) is 0 Å². The minimum atomic E-state index is -3.05. The molecule has 5 heteroatoms. The Bertz CT molecular complexity index is 575. The predicted molar refractivity (Wildman–Crippen MR) is 66.8 cm³/mol. The Morgan fingerprint density at radius 1 is 1.41 bits per heavy atom. The van der Waals surface area contributed by atoms with Gasteiger partial charge in [-0.25, -0.2) is 8.42 Å². The first-order valence-corrected chi connectivity index (χ1v) is 6.96. The zero-order valence-corrected chi connectivity index (χ0v) is 10.2. The summed E-state index contributed by atoms with van der Waals surface area (Å²) in [6.45, 7) is 1.50. The number of carbonyl (C=O) groups excluding carboxylic acids is 1. The van der Waals surface area contributed by atoms with Crippen molar-refractivity contribution in [1.29, 1.82) is 0 Å². The molecule has 1 heterocycles. The van der Waals surface area contributed by atoms with E-state index < -0.39 is 9.84 Å². The van der Waals surface area contributed by atoms with Gasteiger partial charge >= 0.3 is 0 Å². The summed E-state index contributed by atoms with van der Waals surface area (Å²) in [5, 5.41) is 4.30. The third-order valence-electron chi connectivity index (χ3n) is 2.55. The highest BCUT2D eigenvalue weighted by Gasteiger charge is 2.21. The molecule has 0 spiro atoms. The van der Waals surface area contributed by atoms with Crippen molar-refractivity contribution in [2.24, 2.45) is 0 Å². The molecule has 0 bridgehead atoms. The first-order valence-electron chi connectivity index (χ1n) is 5.25. The minimum absolute atomic E-state index is 0.0109. The molecule has 1 unspecified atom stereocenters. The predicted octanol–water partition coefficient (Wildman–Crippen LogP) is 1.61. The summed E-state index contributed by atoms with van der Waals surface area (Å²) in [5.41, 5.74) is 1.37. The van der Waals surface area contributed by atoms with Gasteiger partial charge in [-0.15, -0.1) is 0 Å². The Labute approximate surface area is 100 Å². The highest BCUT2D eigenvalue weighted by Crippen LogP contribution is 2.16. The number of ketones is 1. The van der Waals surface area contributed by atoms with Crippen LogP contribution < -0.4 is 5.32 Å². The normalized spacial score (nSPS) is 21.4. The second-order valence-electron chi connectivity index (χ2n) is 4.05. The van der Waals surface area contributed by atoms with E-state index in [1.807, 2.05) is 6.07 Å². The fourth-order valence-electron chi connectivity index (χ4n) is 1.71. The van der Waals surface area contributed by atoms with Gasteiger partial charge in [0, 0.05) is 16.7 Å². The Balaban J connectivity index is 2.13. The van der Waals surface area contributed by atoms with Crippen molar-refractivity contribution in [2.45, 2.75) is 13.0 Å². The van der Waals surface area contributed by atoms with Crippen molar-refractivity contribution in [1.82, 2.24) is 0 Å². The van der Waals surface area contributed by atoms with E-state index in [2.05, 4.69) is 5.32 Å². The smallest absolute Gasteiger partial charge is 0.173 e. The van der Waals surface area contributed by atoms with Gasteiger partial charge in [0.05, 0.1) is 11.8 Å². The average Bonchev–Trinajstić information content (AvgIpc) is 2.58. The van der Waals surface area contributed by atoms with E-state index in [1.165, 1.54) is 12.3 Å². The highest BCUT2D eigenvalue weighted by atomic mass is 32.2. The van der Waals surface area contributed by atoms with Crippen LogP contribution in [0.5, 0.6) is 0 Å². The molecule has 0 fully saturated rings. The Hall–Kier alpha value is -1.62. The monoisotopic (exact) mass is 251 g/mol. The SMILES string of the molecule is CC(=O)c1cccc(NC2C=CS(=O)(=O)C2)c1. The van der Waals surface area contributed by atoms with Crippen LogP contribution in [0.25, 0.3) is 0 Å².